The van der Waals surface area contributed by atoms with Gasteiger partial charge >= 0.3 is 0 Å². The third-order valence-corrected chi connectivity index (χ3v) is 6.06. The molecule has 0 bridgehead atoms. The Bertz CT molecular complexity index is 828. The second kappa shape index (κ2) is 8.59. The molecule has 2 fully saturated rings. The fourth-order valence-corrected chi connectivity index (χ4v) is 4.33. The van der Waals surface area contributed by atoms with E-state index in [4.69, 9.17) is 9.72 Å². The van der Waals surface area contributed by atoms with Crippen molar-refractivity contribution >= 4 is 11.6 Å². The van der Waals surface area contributed by atoms with Gasteiger partial charge in [0.2, 0.25) is 0 Å². The number of morpholine rings is 1. The number of hydrogen-bond acceptors (Lipinski definition) is 5. The zero-order chi connectivity index (χ0) is 19.5. The lowest BCUT2D eigenvalue weighted by atomic mass is 10.1. The van der Waals surface area contributed by atoms with Crippen LogP contribution in [0.1, 0.15) is 41.0 Å². The van der Waals surface area contributed by atoms with E-state index in [0.717, 1.165) is 29.9 Å². The summed E-state index contributed by atoms with van der Waals surface area (Å²) in [6.45, 7) is 7.29. The van der Waals surface area contributed by atoms with Crippen LogP contribution < -0.4 is 5.32 Å². The molecule has 2 aromatic heterocycles. The van der Waals surface area contributed by atoms with Gasteiger partial charge in [0.1, 0.15) is 5.65 Å². The van der Waals surface area contributed by atoms with Crippen LogP contribution in [0.3, 0.4) is 0 Å². The Kier molecular flexibility index (Phi) is 5.94. The summed E-state index contributed by atoms with van der Waals surface area (Å²) >= 11 is 0. The highest BCUT2D eigenvalue weighted by Crippen LogP contribution is 2.19. The van der Waals surface area contributed by atoms with E-state index in [9.17, 15) is 4.79 Å². The van der Waals surface area contributed by atoms with E-state index in [1.807, 2.05) is 30.2 Å². The number of nitrogens with one attached hydrogen (secondary N) is 1. The van der Waals surface area contributed by atoms with Crippen LogP contribution in [-0.4, -0.2) is 77.6 Å². The second-order valence-electron chi connectivity index (χ2n) is 7.94. The lowest BCUT2D eigenvalue weighted by Crippen LogP contribution is -2.41. The number of aromatic nitrogens is 2. The molecule has 152 valence electrons. The molecule has 0 radical (unpaired) electrons. The molecule has 2 saturated heterocycles. The number of hydrogen-bond donors (Lipinski definition) is 1. The molecule has 7 nitrogen and oxygen atoms in total. The Morgan fingerprint density at radius 2 is 2.14 bits per heavy atom. The number of ether oxygens (including phenoxy) is 1. The standard InChI is InChI=1S/C21H31N5O2/c1-16-5-3-10-26-18(15-22-8-7-17-6-4-9-24(17)2)19(23-20(16)26)21(27)25-11-13-28-14-12-25/h3,5,10,17,22H,4,6-9,11-15H2,1-2H3. The van der Waals surface area contributed by atoms with E-state index in [1.54, 1.807) is 0 Å². The summed E-state index contributed by atoms with van der Waals surface area (Å²) in [6, 6.07) is 4.73. The number of nitrogens with zero attached hydrogens (tertiary/aromatic N) is 4. The van der Waals surface area contributed by atoms with Gasteiger partial charge in [-0.2, -0.15) is 0 Å². The summed E-state index contributed by atoms with van der Waals surface area (Å²) in [6.07, 6.45) is 5.73. The second-order valence-corrected chi connectivity index (χ2v) is 7.94. The average Bonchev–Trinajstić information content (AvgIpc) is 3.30. The van der Waals surface area contributed by atoms with Gasteiger partial charge in [-0.05, 0) is 58.0 Å². The third-order valence-electron chi connectivity index (χ3n) is 6.06. The Labute approximate surface area is 166 Å². The molecule has 0 spiro atoms. The quantitative estimate of drug-likeness (QED) is 0.767. The third kappa shape index (κ3) is 3.92. The molecule has 2 aliphatic rings. The number of fused-ring (bicyclic) bond motifs is 1. The Morgan fingerprint density at radius 1 is 1.32 bits per heavy atom. The monoisotopic (exact) mass is 385 g/mol. The number of aryl methyl sites for hydroxylation is 1. The van der Waals surface area contributed by atoms with Gasteiger partial charge in [-0.15, -0.1) is 0 Å². The van der Waals surface area contributed by atoms with Crippen LogP contribution in [0, 0.1) is 6.92 Å². The molecule has 28 heavy (non-hydrogen) atoms. The minimum atomic E-state index is 0.0127. The van der Waals surface area contributed by atoms with E-state index in [0.29, 0.717) is 44.6 Å². The molecule has 1 N–H and O–H groups in total. The summed E-state index contributed by atoms with van der Waals surface area (Å²) in [5.41, 5.74) is 3.47. The zero-order valence-electron chi connectivity index (χ0n) is 17.0. The first-order valence-electron chi connectivity index (χ1n) is 10.4. The van der Waals surface area contributed by atoms with Crippen molar-refractivity contribution in [1.82, 2.24) is 24.5 Å². The fraction of sp³-hybridized carbons (Fsp3) is 0.619. The molecule has 0 saturated carbocycles. The van der Waals surface area contributed by atoms with Gasteiger partial charge in [0.15, 0.2) is 5.69 Å². The van der Waals surface area contributed by atoms with Gasteiger partial charge in [0.25, 0.3) is 5.91 Å². The van der Waals surface area contributed by atoms with Gasteiger partial charge in [0.05, 0.1) is 18.9 Å². The van der Waals surface area contributed by atoms with Crippen molar-refractivity contribution in [1.29, 1.82) is 0 Å². The first-order valence-corrected chi connectivity index (χ1v) is 10.4. The van der Waals surface area contributed by atoms with Gasteiger partial charge < -0.3 is 24.3 Å². The molecule has 1 amide bonds. The predicted molar refractivity (Wildman–Crippen MR) is 109 cm³/mol. The lowest BCUT2D eigenvalue weighted by molar-refractivity contribution is 0.0298. The van der Waals surface area contributed by atoms with Crippen molar-refractivity contribution < 1.29 is 9.53 Å². The van der Waals surface area contributed by atoms with Crippen molar-refractivity contribution in [3.63, 3.8) is 0 Å². The maximum Gasteiger partial charge on any atom is 0.274 e. The van der Waals surface area contributed by atoms with E-state index in [1.165, 1.54) is 19.4 Å². The van der Waals surface area contributed by atoms with Gasteiger partial charge in [-0.25, -0.2) is 4.98 Å². The van der Waals surface area contributed by atoms with E-state index < -0.39 is 0 Å². The molecule has 4 rings (SSSR count). The minimum absolute atomic E-state index is 0.0127. The van der Waals surface area contributed by atoms with Crippen molar-refractivity contribution in [3.05, 3.63) is 35.3 Å². The number of carbonyl (C=O) groups excluding carboxylic acids is 1. The highest BCUT2D eigenvalue weighted by molar-refractivity contribution is 5.94. The molecule has 7 heteroatoms. The van der Waals surface area contributed by atoms with E-state index in [2.05, 4.69) is 21.7 Å². The number of amides is 1. The fourth-order valence-electron chi connectivity index (χ4n) is 4.33. The summed E-state index contributed by atoms with van der Waals surface area (Å²) < 4.78 is 7.46. The Morgan fingerprint density at radius 3 is 2.89 bits per heavy atom. The average molecular weight is 386 g/mol. The first kappa shape index (κ1) is 19.4. The summed E-state index contributed by atoms with van der Waals surface area (Å²) in [5, 5.41) is 3.56. The minimum Gasteiger partial charge on any atom is -0.378 e. The van der Waals surface area contributed by atoms with Crippen LogP contribution in [0.4, 0.5) is 0 Å². The first-order chi connectivity index (χ1) is 13.6. The smallest absolute Gasteiger partial charge is 0.274 e. The van der Waals surface area contributed by atoms with Crippen LogP contribution >= 0.6 is 0 Å². The molecular weight excluding hydrogens is 354 g/mol. The topological polar surface area (TPSA) is 62.1 Å². The van der Waals surface area contributed by atoms with Gasteiger partial charge in [0, 0.05) is 31.9 Å². The molecule has 0 aromatic carbocycles. The molecule has 4 heterocycles. The van der Waals surface area contributed by atoms with Crippen molar-refractivity contribution in [3.8, 4) is 0 Å². The highest BCUT2D eigenvalue weighted by Gasteiger charge is 2.26. The van der Waals surface area contributed by atoms with Crippen molar-refractivity contribution in [2.24, 2.45) is 0 Å². The van der Waals surface area contributed by atoms with Crippen molar-refractivity contribution in [2.45, 2.75) is 38.8 Å². The molecule has 2 aromatic rings. The van der Waals surface area contributed by atoms with Crippen LogP contribution in [0.15, 0.2) is 18.3 Å². The molecule has 1 unspecified atom stereocenters. The Balaban J connectivity index is 1.51. The number of pyridine rings is 1. The highest BCUT2D eigenvalue weighted by atomic mass is 16.5. The van der Waals surface area contributed by atoms with Crippen LogP contribution in [-0.2, 0) is 11.3 Å². The van der Waals surface area contributed by atoms with Crippen LogP contribution in [0.2, 0.25) is 0 Å². The molecule has 2 aliphatic heterocycles. The SMILES string of the molecule is Cc1cccn2c(CNCCC3CCCN3C)c(C(=O)N3CCOCC3)nc12. The van der Waals surface area contributed by atoms with Gasteiger partial charge in [-0.3, -0.25) is 4.79 Å². The zero-order valence-corrected chi connectivity index (χ0v) is 17.0. The lowest BCUT2D eigenvalue weighted by Gasteiger charge is -2.26. The summed E-state index contributed by atoms with van der Waals surface area (Å²) in [7, 11) is 2.21. The largest absolute Gasteiger partial charge is 0.378 e. The van der Waals surface area contributed by atoms with Crippen LogP contribution in [0.5, 0.6) is 0 Å². The van der Waals surface area contributed by atoms with Crippen LogP contribution in [0.25, 0.3) is 5.65 Å². The molecule has 0 aliphatic carbocycles. The summed E-state index contributed by atoms with van der Waals surface area (Å²) in [4.78, 5) is 22.2. The number of imidazole rings is 1. The Hall–Kier alpha value is -1.96. The number of likely N-dealkylation sites (tertiary alicyclic amines) is 1. The number of carbonyl (C=O) groups is 1. The maximum absolute atomic E-state index is 13.1. The summed E-state index contributed by atoms with van der Waals surface area (Å²) in [5.74, 6) is 0.0127. The molecule has 1 atom stereocenters. The maximum atomic E-state index is 13.1. The predicted octanol–water partition coefficient (Wildman–Crippen LogP) is 1.69. The van der Waals surface area contributed by atoms with Crippen molar-refractivity contribution in [2.75, 3.05) is 46.4 Å². The normalized spacial score (nSPS) is 20.9. The van der Waals surface area contributed by atoms with E-state index >= 15 is 0 Å². The number of rotatable bonds is 6. The van der Waals surface area contributed by atoms with Gasteiger partial charge in [-0.1, -0.05) is 6.07 Å². The van der Waals surface area contributed by atoms with E-state index in [-0.39, 0.29) is 5.91 Å². The molecular formula is C21H31N5O2.